The van der Waals surface area contributed by atoms with Crippen molar-refractivity contribution in [2.45, 2.75) is 0 Å². The van der Waals surface area contributed by atoms with Gasteiger partial charge in [-0.15, -0.1) is 0 Å². The van der Waals surface area contributed by atoms with Crippen molar-refractivity contribution in [3.8, 4) is 0 Å². The summed E-state index contributed by atoms with van der Waals surface area (Å²) in [6, 6.07) is 0. The van der Waals surface area contributed by atoms with Crippen LogP contribution in [0.5, 0.6) is 0 Å². The van der Waals surface area contributed by atoms with E-state index in [9.17, 15) is 18.0 Å². The van der Waals surface area contributed by atoms with Crippen LogP contribution in [0.4, 0.5) is 13.2 Å². The van der Waals surface area contributed by atoms with Gasteiger partial charge < -0.3 is 4.79 Å². The SMILES string of the molecule is O=CC(CF)(CF)CF. The van der Waals surface area contributed by atoms with Gasteiger partial charge in [0.25, 0.3) is 0 Å². The average molecular weight is 140 g/mol. The Morgan fingerprint density at radius 3 is 1.44 bits per heavy atom. The highest BCUT2D eigenvalue weighted by atomic mass is 19.1. The van der Waals surface area contributed by atoms with Gasteiger partial charge in [0, 0.05) is 0 Å². The van der Waals surface area contributed by atoms with E-state index in [1.165, 1.54) is 0 Å². The molecule has 0 aliphatic heterocycles. The molecule has 0 radical (unpaired) electrons. The first-order valence-corrected chi connectivity index (χ1v) is 2.39. The van der Waals surface area contributed by atoms with Gasteiger partial charge in [-0.25, -0.2) is 13.2 Å². The van der Waals surface area contributed by atoms with Crippen molar-refractivity contribution in [2.75, 3.05) is 20.0 Å². The molecule has 0 saturated heterocycles. The molecule has 4 heteroatoms. The molecule has 0 heterocycles. The normalized spacial score (nSPS) is 11.4. The van der Waals surface area contributed by atoms with E-state index in [1.807, 2.05) is 0 Å². The van der Waals surface area contributed by atoms with E-state index in [4.69, 9.17) is 0 Å². The Morgan fingerprint density at radius 2 is 1.44 bits per heavy atom. The molecule has 0 saturated carbocycles. The summed E-state index contributed by atoms with van der Waals surface area (Å²) in [5.41, 5.74) is -2.01. The van der Waals surface area contributed by atoms with E-state index in [-0.39, 0.29) is 6.29 Å². The summed E-state index contributed by atoms with van der Waals surface area (Å²) in [6.45, 7) is -3.82. The molecule has 0 aromatic rings. The van der Waals surface area contributed by atoms with Crippen LogP contribution in [0.3, 0.4) is 0 Å². The number of halogens is 3. The Balaban J connectivity index is 3.98. The molecule has 0 amide bonds. The molecule has 0 aromatic carbocycles. The van der Waals surface area contributed by atoms with Crippen LogP contribution < -0.4 is 0 Å². The fourth-order valence-electron chi connectivity index (χ4n) is 0.202. The molecule has 1 nitrogen and oxygen atoms in total. The summed E-state index contributed by atoms with van der Waals surface area (Å²) in [4.78, 5) is 9.80. The second kappa shape index (κ2) is 3.48. The lowest BCUT2D eigenvalue weighted by Gasteiger charge is -2.14. The molecule has 0 fully saturated rings. The molecule has 54 valence electrons. The zero-order valence-corrected chi connectivity index (χ0v) is 4.74. The maximum absolute atomic E-state index is 11.6. The van der Waals surface area contributed by atoms with Crippen molar-refractivity contribution < 1.29 is 18.0 Å². The van der Waals surface area contributed by atoms with Crippen molar-refractivity contribution in [3.05, 3.63) is 0 Å². The lowest BCUT2D eigenvalue weighted by atomic mass is 9.96. The highest BCUT2D eigenvalue weighted by Gasteiger charge is 2.30. The van der Waals surface area contributed by atoms with E-state index < -0.39 is 25.4 Å². The quantitative estimate of drug-likeness (QED) is 0.534. The number of aldehydes is 1. The van der Waals surface area contributed by atoms with Crippen LogP contribution in [0.25, 0.3) is 0 Å². The summed E-state index contributed by atoms with van der Waals surface area (Å²) in [5, 5.41) is 0. The molecule has 0 bridgehead atoms. The standard InChI is InChI=1S/C5H7F3O/c6-1-5(2-7,3-8)4-9/h4H,1-3H2. The predicted octanol–water partition coefficient (Wildman–Crippen LogP) is 1.08. The summed E-state index contributed by atoms with van der Waals surface area (Å²) < 4.78 is 34.8. The van der Waals surface area contributed by atoms with Crippen LogP contribution in [0.1, 0.15) is 0 Å². The summed E-state index contributed by atoms with van der Waals surface area (Å²) in [5.74, 6) is 0. The van der Waals surface area contributed by atoms with E-state index in [2.05, 4.69) is 0 Å². The molecule has 0 atom stereocenters. The molecule has 0 spiro atoms. The van der Waals surface area contributed by atoms with E-state index in [0.717, 1.165) is 0 Å². The van der Waals surface area contributed by atoms with Crippen molar-refractivity contribution in [2.24, 2.45) is 5.41 Å². The van der Waals surface area contributed by atoms with Gasteiger partial charge in [0.1, 0.15) is 31.7 Å². The minimum atomic E-state index is -2.01. The summed E-state index contributed by atoms with van der Waals surface area (Å²) in [6.07, 6.45) is -0.0208. The minimum Gasteiger partial charge on any atom is -0.302 e. The van der Waals surface area contributed by atoms with Crippen LogP contribution in [0.2, 0.25) is 0 Å². The lowest BCUT2D eigenvalue weighted by Crippen LogP contribution is -2.30. The third-order valence-corrected chi connectivity index (χ3v) is 1.05. The molecule has 0 rings (SSSR count). The highest BCUT2D eigenvalue weighted by Crippen LogP contribution is 2.15. The van der Waals surface area contributed by atoms with Gasteiger partial charge >= 0.3 is 0 Å². The van der Waals surface area contributed by atoms with Crippen molar-refractivity contribution in [1.82, 2.24) is 0 Å². The fraction of sp³-hybridized carbons (Fsp3) is 0.800. The van der Waals surface area contributed by atoms with Crippen LogP contribution in [-0.2, 0) is 4.79 Å². The largest absolute Gasteiger partial charge is 0.302 e. The average Bonchev–Trinajstić information content (AvgIpc) is 1.95. The van der Waals surface area contributed by atoms with Crippen LogP contribution in [-0.4, -0.2) is 26.3 Å². The molecular weight excluding hydrogens is 133 g/mol. The maximum atomic E-state index is 11.6. The van der Waals surface area contributed by atoms with Gasteiger partial charge in [-0.3, -0.25) is 0 Å². The van der Waals surface area contributed by atoms with Crippen molar-refractivity contribution in [1.29, 1.82) is 0 Å². The van der Waals surface area contributed by atoms with E-state index in [0.29, 0.717) is 0 Å². The van der Waals surface area contributed by atoms with Gasteiger partial charge in [0.05, 0.1) is 0 Å². The van der Waals surface area contributed by atoms with Crippen LogP contribution in [0.15, 0.2) is 0 Å². The Labute approximate surface area is 50.9 Å². The number of carbonyl (C=O) groups is 1. The lowest BCUT2D eigenvalue weighted by molar-refractivity contribution is -0.118. The number of rotatable bonds is 4. The minimum absolute atomic E-state index is 0.0208. The monoisotopic (exact) mass is 140 g/mol. The Hall–Kier alpha value is -0.540. The number of carbonyl (C=O) groups excluding carboxylic acids is 1. The van der Waals surface area contributed by atoms with Gasteiger partial charge in [0.15, 0.2) is 0 Å². The zero-order valence-electron chi connectivity index (χ0n) is 4.74. The maximum Gasteiger partial charge on any atom is 0.134 e. The topological polar surface area (TPSA) is 17.1 Å². The summed E-state index contributed by atoms with van der Waals surface area (Å²) in [7, 11) is 0. The number of hydrogen-bond acceptors (Lipinski definition) is 1. The third-order valence-electron chi connectivity index (χ3n) is 1.05. The predicted molar refractivity (Wildman–Crippen MR) is 26.4 cm³/mol. The summed E-state index contributed by atoms with van der Waals surface area (Å²) >= 11 is 0. The fourth-order valence-corrected chi connectivity index (χ4v) is 0.202. The number of hydrogen-bond donors (Lipinski definition) is 0. The first kappa shape index (κ1) is 8.46. The van der Waals surface area contributed by atoms with Gasteiger partial charge in [0.2, 0.25) is 0 Å². The van der Waals surface area contributed by atoms with Gasteiger partial charge in [-0.2, -0.15) is 0 Å². The molecule has 0 aliphatic carbocycles. The van der Waals surface area contributed by atoms with E-state index >= 15 is 0 Å². The number of alkyl halides is 3. The third kappa shape index (κ3) is 1.69. The molecule has 0 unspecified atom stereocenters. The molecule has 0 N–H and O–H groups in total. The van der Waals surface area contributed by atoms with E-state index in [1.54, 1.807) is 0 Å². The van der Waals surface area contributed by atoms with Crippen molar-refractivity contribution >= 4 is 6.29 Å². The Bertz CT molecular complexity index is 81.9. The highest BCUT2D eigenvalue weighted by molar-refractivity contribution is 5.59. The second-order valence-electron chi connectivity index (χ2n) is 1.88. The van der Waals surface area contributed by atoms with Gasteiger partial charge in [-0.1, -0.05) is 0 Å². The molecule has 0 aromatic heterocycles. The van der Waals surface area contributed by atoms with Crippen molar-refractivity contribution in [3.63, 3.8) is 0 Å². The first-order valence-electron chi connectivity index (χ1n) is 2.39. The zero-order chi connectivity index (χ0) is 7.33. The Kier molecular flexibility index (Phi) is 3.27. The first-order chi connectivity index (χ1) is 4.24. The molecule has 0 aliphatic rings. The molecular formula is C5H7F3O. The second-order valence-corrected chi connectivity index (χ2v) is 1.88. The smallest absolute Gasteiger partial charge is 0.134 e. The van der Waals surface area contributed by atoms with Gasteiger partial charge in [-0.05, 0) is 0 Å². The molecule has 9 heavy (non-hydrogen) atoms. The van der Waals surface area contributed by atoms with Crippen LogP contribution in [0, 0.1) is 5.41 Å². The van der Waals surface area contributed by atoms with Crippen LogP contribution >= 0.6 is 0 Å². The Morgan fingerprint density at radius 1 is 1.11 bits per heavy atom.